The average Bonchev–Trinajstić information content (AvgIpc) is 3.60. The summed E-state index contributed by atoms with van der Waals surface area (Å²) in [5.41, 5.74) is 17.5. The number of aromatic nitrogens is 2. The summed E-state index contributed by atoms with van der Waals surface area (Å²) >= 11 is 0. The van der Waals surface area contributed by atoms with E-state index in [1.165, 1.54) is 71.6 Å². The predicted octanol–water partition coefficient (Wildman–Crippen LogP) is 12.9. The van der Waals surface area contributed by atoms with Gasteiger partial charge in [0.2, 0.25) is 0 Å². The normalized spacial score (nSPS) is 13.1. The van der Waals surface area contributed by atoms with Crippen LogP contribution in [0.1, 0.15) is 38.9 Å². The Hall–Kier alpha value is -7.48. The van der Waals surface area contributed by atoms with Crippen LogP contribution in [-0.4, -0.2) is 9.55 Å². The minimum absolute atomic E-state index is 0.637. The highest BCUT2D eigenvalue weighted by Crippen LogP contribution is 2.44. The molecule has 0 fully saturated rings. The van der Waals surface area contributed by atoms with Gasteiger partial charge in [0.25, 0.3) is 0 Å². The van der Waals surface area contributed by atoms with E-state index in [0.717, 1.165) is 41.1 Å². The number of fused-ring (bicyclic) bond motifs is 3. The maximum absolute atomic E-state index is 9.61. The second-order valence-electron chi connectivity index (χ2n) is 14.7. The largest absolute Gasteiger partial charge is 0.310 e. The van der Waals surface area contributed by atoms with Crippen molar-refractivity contribution in [2.24, 2.45) is 0 Å². The first-order chi connectivity index (χ1) is 27.7. The molecule has 262 valence electrons. The standard InChI is InChI=1S/C52H34N4/c53-32-34-12-20-44(21-13-34)55(46-24-25-48-47-10-4-5-11-49(47)56(50(48)31-46)43-8-2-1-3-9-43)45-22-18-35(19-23-45)41-27-36-14-16-38-29-42(40-7-6-26-54-33-40)30-39-17-15-37(28-41)51(36)52(38)39/h1-27,29,31,33H,28,30H2. The maximum Gasteiger partial charge on any atom is 0.0991 e. The topological polar surface area (TPSA) is 44.9 Å². The maximum atomic E-state index is 9.61. The molecular formula is C52H34N4. The number of hydrogen-bond donors (Lipinski definition) is 0. The molecule has 0 unspecified atom stereocenters. The van der Waals surface area contributed by atoms with Crippen molar-refractivity contribution in [2.45, 2.75) is 12.8 Å². The van der Waals surface area contributed by atoms with Gasteiger partial charge in [0.05, 0.1) is 22.7 Å². The second kappa shape index (κ2) is 12.8. The van der Waals surface area contributed by atoms with Crippen molar-refractivity contribution in [3.8, 4) is 11.8 Å². The molecule has 2 heterocycles. The highest BCUT2D eigenvalue weighted by Gasteiger charge is 2.23. The van der Waals surface area contributed by atoms with E-state index < -0.39 is 0 Å². The number of hydrogen-bond acceptors (Lipinski definition) is 3. The molecule has 0 bridgehead atoms. The lowest BCUT2D eigenvalue weighted by Gasteiger charge is -2.27. The summed E-state index contributed by atoms with van der Waals surface area (Å²) in [6, 6.07) is 58.5. The van der Waals surface area contributed by atoms with Gasteiger partial charge in [-0.25, -0.2) is 0 Å². The van der Waals surface area contributed by atoms with Crippen LogP contribution >= 0.6 is 0 Å². The number of allylic oxidation sites excluding steroid dienone is 2. The summed E-state index contributed by atoms with van der Waals surface area (Å²) in [6.07, 6.45) is 10.3. The number of nitrogens with zero attached hydrogens (tertiary/aromatic N) is 4. The fourth-order valence-corrected chi connectivity index (χ4v) is 8.95. The molecular weight excluding hydrogens is 681 g/mol. The van der Waals surface area contributed by atoms with Crippen molar-refractivity contribution < 1.29 is 0 Å². The molecule has 2 aromatic heterocycles. The van der Waals surface area contributed by atoms with Gasteiger partial charge < -0.3 is 9.47 Å². The van der Waals surface area contributed by atoms with Crippen LogP contribution in [0.4, 0.5) is 17.1 Å². The molecule has 2 aliphatic rings. The Kier molecular flexibility index (Phi) is 7.33. The third kappa shape index (κ3) is 5.17. The fraction of sp³-hybridized carbons (Fsp3) is 0.0385. The summed E-state index contributed by atoms with van der Waals surface area (Å²) in [5, 5.41) is 14.8. The molecule has 11 rings (SSSR count). The Balaban J connectivity index is 0.994. The monoisotopic (exact) mass is 714 g/mol. The molecule has 4 nitrogen and oxygen atoms in total. The molecule has 9 aromatic rings. The molecule has 4 heteroatoms. The molecule has 0 saturated heterocycles. The SMILES string of the molecule is N#Cc1ccc(N(c2ccc(C3=Cc4ccc5c6c(ccc(c46)C3)CC(c3cccnc3)=C5)cc2)c2ccc3c4ccccc4n(-c4ccccc4)c3c2)cc1. The van der Waals surface area contributed by atoms with Crippen LogP contribution in [-0.2, 0) is 12.8 Å². The lowest BCUT2D eigenvalue weighted by Crippen LogP contribution is -2.10. The van der Waals surface area contributed by atoms with Gasteiger partial charge >= 0.3 is 0 Å². The minimum atomic E-state index is 0.637. The third-order valence-electron chi connectivity index (χ3n) is 11.5. The average molecular weight is 715 g/mol. The Morgan fingerprint density at radius 2 is 1.16 bits per heavy atom. The van der Waals surface area contributed by atoms with Crippen LogP contribution in [0.25, 0.3) is 61.6 Å². The lowest BCUT2D eigenvalue weighted by molar-refractivity contribution is 1.18. The zero-order valence-corrected chi connectivity index (χ0v) is 30.5. The van der Waals surface area contributed by atoms with Gasteiger partial charge in [0.15, 0.2) is 0 Å². The molecule has 0 atom stereocenters. The van der Waals surface area contributed by atoms with Gasteiger partial charge in [0.1, 0.15) is 0 Å². The summed E-state index contributed by atoms with van der Waals surface area (Å²) in [5.74, 6) is 0. The number of para-hydroxylation sites is 2. The Morgan fingerprint density at radius 3 is 1.84 bits per heavy atom. The van der Waals surface area contributed by atoms with Gasteiger partial charge in [-0.15, -0.1) is 0 Å². The molecule has 0 radical (unpaired) electrons. The Bertz CT molecular complexity index is 3110. The van der Waals surface area contributed by atoms with Crippen molar-refractivity contribution in [1.29, 1.82) is 5.26 Å². The van der Waals surface area contributed by atoms with E-state index >= 15 is 0 Å². The Labute approximate surface area is 325 Å². The molecule has 0 aliphatic heterocycles. The first-order valence-corrected chi connectivity index (χ1v) is 19.1. The molecule has 0 amide bonds. The van der Waals surface area contributed by atoms with E-state index in [0.29, 0.717) is 5.56 Å². The molecule has 7 aromatic carbocycles. The number of nitriles is 1. The summed E-state index contributed by atoms with van der Waals surface area (Å²) in [4.78, 5) is 6.66. The van der Waals surface area contributed by atoms with Crippen LogP contribution in [0.15, 0.2) is 170 Å². The van der Waals surface area contributed by atoms with E-state index in [-0.39, 0.29) is 0 Å². The third-order valence-corrected chi connectivity index (χ3v) is 11.5. The molecule has 0 spiro atoms. The predicted molar refractivity (Wildman–Crippen MR) is 232 cm³/mol. The summed E-state index contributed by atoms with van der Waals surface area (Å²) in [7, 11) is 0. The van der Waals surface area contributed by atoms with E-state index in [2.05, 4.69) is 160 Å². The van der Waals surface area contributed by atoms with Crippen LogP contribution < -0.4 is 4.90 Å². The first kappa shape index (κ1) is 32.0. The number of benzene rings is 7. The molecule has 0 saturated carbocycles. The smallest absolute Gasteiger partial charge is 0.0991 e. The summed E-state index contributed by atoms with van der Waals surface area (Å²) in [6.45, 7) is 0. The van der Waals surface area contributed by atoms with Crippen LogP contribution in [0.3, 0.4) is 0 Å². The lowest BCUT2D eigenvalue weighted by atomic mass is 9.79. The van der Waals surface area contributed by atoms with Crippen LogP contribution in [0.5, 0.6) is 0 Å². The van der Waals surface area contributed by atoms with E-state index in [1.807, 2.05) is 42.7 Å². The quantitative estimate of drug-likeness (QED) is 0.172. The molecule has 0 N–H and O–H groups in total. The first-order valence-electron chi connectivity index (χ1n) is 19.1. The van der Waals surface area contributed by atoms with Crippen molar-refractivity contribution >= 4 is 72.9 Å². The highest BCUT2D eigenvalue weighted by atomic mass is 15.1. The highest BCUT2D eigenvalue weighted by molar-refractivity contribution is 6.11. The van der Waals surface area contributed by atoms with Crippen molar-refractivity contribution in [3.63, 3.8) is 0 Å². The zero-order chi connectivity index (χ0) is 37.2. The van der Waals surface area contributed by atoms with Crippen molar-refractivity contribution in [2.75, 3.05) is 4.90 Å². The second-order valence-corrected chi connectivity index (χ2v) is 14.7. The van der Waals surface area contributed by atoms with Gasteiger partial charge in [-0.1, -0.05) is 97.1 Å². The van der Waals surface area contributed by atoms with E-state index in [1.54, 1.807) is 0 Å². The minimum Gasteiger partial charge on any atom is -0.310 e. The molecule has 2 aliphatic carbocycles. The van der Waals surface area contributed by atoms with Gasteiger partial charge in [-0.05, 0) is 141 Å². The van der Waals surface area contributed by atoms with Crippen molar-refractivity contribution in [3.05, 3.63) is 209 Å². The van der Waals surface area contributed by atoms with Gasteiger partial charge in [0, 0.05) is 45.9 Å². The van der Waals surface area contributed by atoms with E-state index in [9.17, 15) is 5.26 Å². The van der Waals surface area contributed by atoms with Crippen LogP contribution in [0, 0.1) is 11.3 Å². The Morgan fingerprint density at radius 1 is 0.536 bits per heavy atom. The van der Waals surface area contributed by atoms with Crippen LogP contribution in [0.2, 0.25) is 0 Å². The van der Waals surface area contributed by atoms with Gasteiger partial charge in [-0.2, -0.15) is 5.26 Å². The number of pyridine rings is 1. The zero-order valence-electron chi connectivity index (χ0n) is 30.5. The van der Waals surface area contributed by atoms with E-state index in [4.69, 9.17) is 0 Å². The molecule has 56 heavy (non-hydrogen) atoms. The summed E-state index contributed by atoms with van der Waals surface area (Å²) < 4.78 is 2.35. The fourth-order valence-electron chi connectivity index (χ4n) is 8.95. The number of anilines is 3. The van der Waals surface area contributed by atoms with Gasteiger partial charge in [-0.3, -0.25) is 4.98 Å². The number of rotatable bonds is 6. The van der Waals surface area contributed by atoms with Crippen molar-refractivity contribution in [1.82, 2.24) is 9.55 Å².